The van der Waals surface area contributed by atoms with E-state index in [0.717, 1.165) is 10.6 Å². The van der Waals surface area contributed by atoms with Crippen LogP contribution in [-0.4, -0.2) is 39.9 Å². The van der Waals surface area contributed by atoms with Gasteiger partial charge in [-0.2, -0.15) is 0 Å². The van der Waals surface area contributed by atoms with Gasteiger partial charge in [-0.05, 0) is 13.3 Å². The molecule has 6 heteroatoms. The van der Waals surface area contributed by atoms with Crippen LogP contribution in [-0.2, 0) is 9.59 Å². The fourth-order valence-electron chi connectivity index (χ4n) is 2.00. The summed E-state index contributed by atoms with van der Waals surface area (Å²) in [5, 5.41) is 12.3. The summed E-state index contributed by atoms with van der Waals surface area (Å²) in [4.78, 5) is 27.1. The largest absolute Gasteiger partial charge is 0.481 e. The van der Waals surface area contributed by atoms with Crippen molar-refractivity contribution in [3.8, 4) is 0 Å². The molecule has 0 bridgehead atoms. The lowest BCUT2D eigenvalue weighted by atomic mass is 10.1. The van der Waals surface area contributed by atoms with E-state index in [-0.39, 0.29) is 18.4 Å². The third-order valence-electron chi connectivity index (χ3n) is 3.15. The normalized spacial score (nSPS) is 18.9. The number of nitrogens with one attached hydrogen (secondary N) is 1. The predicted molar refractivity (Wildman–Crippen MR) is 83.7 cm³/mol. The number of carbonyl (C=O) groups excluding carboxylic acids is 1. The second-order valence-corrected chi connectivity index (χ2v) is 5.98. The highest BCUT2D eigenvalue weighted by atomic mass is 32.2. The maximum absolute atomic E-state index is 12.1. The van der Waals surface area contributed by atoms with Crippen molar-refractivity contribution in [1.82, 2.24) is 5.32 Å². The number of hydrogen-bond acceptors (Lipinski definition) is 4. The van der Waals surface area contributed by atoms with Crippen LogP contribution in [0, 0.1) is 0 Å². The summed E-state index contributed by atoms with van der Waals surface area (Å²) in [6.45, 7) is 1.81. The van der Waals surface area contributed by atoms with Crippen LogP contribution in [0.25, 0.3) is 0 Å². The van der Waals surface area contributed by atoms with Gasteiger partial charge in [0.1, 0.15) is 6.04 Å². The summed E-state index contributed by atoms with van der Waals surface area (Å²) < 4.78 is 0. The lowest BCUT2D eigenvalue weighted by Gasteiger charge is -2.14. The SMILES string of the molecule is CC(CCC(=O)O)NC(=O)C1CSC(c2ccccc2)=N1. The van der Waals surface area contributed by atoms with Gasteiger partial charge < -0.3 is 10.4 Å². The highest BCUT2D eigenvalue weighted by molar-refractivity contribution is 8.14. The van der Waals surface area contributed by atoms with Crippen molar-refractivity contribution in [2.24, 2.45) is 4.99 Å². The molecule has 0 radical (unpaired) electrons. The van der Waals surface area contributed by atoms with Gasteiger partial charge in [-0.25, -0.2) is 0 Å². The molecule has 5 nitrogen and oxygen atoms in total. The molecule has 2 rings (SSSR count). The Labute approximate surface area is 127 Å². The number of thioether (sulfide) groups is 1. The maximum atomic E-state index is 12.1. The lowest BCUT2D eigenvalue weighted by molar-refractivity contribution is -0.137. The number of benzene rings is 1. The van der Waals surface area contributed by atoms with Gasteiger partial charge in [0.25, 0.3) is 0 Å². The minimum absolute atomic E-state index is 0.0550. The molecule has 0 aromatic heterocycles. The first-order valence-electron chi connectivity index (χ1n) is 6.84. The van der Waals surface area contributed by atoms with E-state index in [9.17, 15) is 9.59 Å². The van der Waals surface area contributed by atoms with Crippen LogP contribution in [0.2, 0.25) is 0 Å². The van der Waals surface area contributed by atoms with Gasteiger partial charge in [0, 0.05) is 23.8 Å². The van der Waals surface area contributed by atoms with Gasteiger partial charge in [0.05, 0.1) is 5.04 Å². The van der Waals surface area contributed by atoms with E-state index in [1.165, 1.54) is 0 Å². The van der Waals surface area contributed by atoms with Gasteiger partial charge in [0.2, 0.25) is 5.91 Å². The number of carboxylic acids is 1. The highest BCUT2D eigenvalue weighted by Gasteiger charge is 2.26. The van der Waals surface area contributed by atoms with E-state index in [0.29, 0.717) is 12.2 Å². The zero-order valence-corrected chi connectivity index (χ0v) is 12.6. The minimum Gasteiger partial charge on any atom is -0.481 e. The van der Waals surface area contributed by atoms with Crippen molar-refractivity contribution in [3.63, 3.8) is 0 Å². The van der Waals surface area contributed by atoms with Crippen LogP contribution in [0.4, 0.5) is 0 Å². The molecule has 1 aromatic rings. The molecule has 0 spiro atoms. The van der Waals surface area contributed by atoms with Crippen molar-refractivity contribution in [3.05, 3.63) is 35.9 Å². The van der Waals surface area contributed by atoms with Crippen molar-refractivity contribution >= 4 is 28.7 Å². The van der Waals surface area contributed by atoms with Crippen LogP contribution < -0.4 is 5.32 Å². The summed E-state index contributed by atoms with van der Waals surface area (Å²) in [6, 6.07) is 9.23. The van der Waals surface area contributed by atoms with Crippen LogP contribution in [0.5, 0.6) is 0 Å². The fraction of sp³-hybridized carbons (Fsp3) is 0.400. The van der Waals surface area contributed by atoms with Crippen molar-refractivity contribution < 1.29 is 14.7 Å². The molecule has 0 saturated heterocycles. The Morgan fingerprint density at radius 3 is 2.81 bits per heavy atom. The molecule has 21 heavy (non-hydrogen) atoms. The molecule has 1 aliphatic rings. The molecule has 1 heterocycles. The topological polar surface area (TPSA) is 78.8 Å². The molecule has 0 fully saturated rings. The standard InChI is InChI=1S/C15H18N2O3S/c1-10(7-8-13(18)19)16-14(20)12-9-21-15(17-12)11-5-3-2-4-6-11/h2-6,10,12H,7-9H2,1H3,(H,16,20)(H,18,19). The third kappa shape index (κ3) is 4.60. The molecule has 2 unspecified atom stereocenters. The molecule has 2 atom stereocenters. The number of hydrogen-bond donors (Lipinski definition) is 2. The lowest BCUT2D eigenvalue weighted by Crippen LogP contribution is -2.39. The Bertz CT molecular complexity index is 545. The number of carbonyl (C=O) groups is 2. The van der Waals surface area contributed by atoms with Crippen LogP contribution in [0.3, 0.4) is 0 Å². The summed E-state index contributed by atoms with van der Waals surface area (Å²) >= 11 is 1.57. The summed E-state index contributed by atoms with van der Waals surface area (Å²) in [5.41, 5.74) is 1.02. The van der Waals surface area contributed by atoms with Gasteiger partial charge in [-0.1, -0.05) is 30.3 Å². The van der Waals surface area contributed by atoms with E-state index in [4.69, 9.17) is 5.11 Å². The first-order valence-corrected chi connectivity index (χ1v) is 7.83. The molecule has 1 aromatic carbocycles. The van der Waals surface area contributed by atoms with Crippen molar-refractivity contribution in [1.29, 1.82) is 0 Å². The van der Waals surface area contributed by atoms with Crippen molar-refractivity contribution in [2.75, 3.05) is 5.75 Å². The molecule has 112 valence electrons. The van der Waals surface area contributed by atoms with Gasteiger partial charge in [0.15, 0.2) is 0 Å². The van der Waals surface area contributed by atoms with Crippen LogP contribution >= 0.6 is 11.8 Å². The van der Waals surface area contributed by atoms with Crippen LogP contribution in [0.15, 0.2) is 35.3 Å². The maximum Gasteiger partial charge on any atom is 0.303 e. The zero-order valence-electron chi connectivity index (χ0n) is 11.8. The zero-order chi connectivity index (χ0) is 15.2. The average Bonchev–Trinajstić information content (AvgIpc) is 2.96. The number of nitrogens with zero attached hydrogens (tertiary/aromatic N) is 1. The Morgan fingerprint density at radius 2 is 2.14 bits per heavy atom. The monoisotopic (exact) mass is 306 g/mol. The number of aliphatic carboxylic acids is 1. The Kier molecular flexibility index (Phi) is 5.38. The second-order valence-electron chi connectivity index (χ2n) is 4.97. The predicted octanol–water partition coefficient (Wildman–Crippen LogP) is 1.92. The first kappa shape index (κ1) is 15.6. The summed E-state index contributed by atoms with van der Waals surface area (Å²) in [7, 11) is 0. The van der Waals surface area contributed by atoms with Gasteiger partial charge in [-0.15, -0.1) is 11.8 Å². The molecule has 1 aliphatic heterocycles. The van der Waals surface area contributed by atoms with Crippen LogP contribution in [0.1, 0.15) is 25.3 Å². The van der Waals surface area contributed by atoms with E-state index in [1.807, 2.05) is 37.3 Å². The molecular weight excluding hydrogens is 288 g/mol. The number of aliphatic imine (C=N–C) groups is 1. The third-order valence-corrected chi connectivity index (χ3v) is 4.25. The molecule has 1 amide bonds. The van der Waals surface area contributed by atoms with Gasteiger partial charge in [-0.3, -0.25) is 14.6 Å². The molecule has 0 aliphatic carbocycles. The Balaban J connectivity index is 1.89. The van der Waals surface area contributed by atoms with E-state index < -0.39 is 12.0 Å². The summed E-state index contributed by atoms with van der Waals surface area (Å²) in [6.07, 6.45) is 0.482. The first-order chi connectivity index (χ1) is 10.1. The van der Waals surface area contributed by atoms with E-state index in [1.54, 1.807) is 11.8 Å². The highest BCUT2D eigenvalue weighted by Crippen LogP contribution is 2.23. The van der Waals surface area contributed by atoms with Gasteiger partial charge >= 0.3 is 5.97 Å². The average molecular weight is 306 g/mol. The quantitative estimate of drug-likeness (QED) is 0.841. The van der Waals surface area contributed by atoms with E-state index >= 15 is 0 Å². The molecule has 0 saturated carbocycles. The number of carboxylic acid groups (broad SMARTS) is 1. The second kappa shape index (κ2) is 7.26. The van der Waals surface area contributed by atoms with Crippen molar-refractivity contribution in [2.45, 2.75) is 31.8 Å². The summed E-state index contributed by atoms with van der Waals surface area (Å²) in [5.74, 6) is -0.356. The fourth-order valence-corrected chi connectivity index (χ4v) is 3.04. The number of rotatable bonds is 6. The minimum atomic E-state index is -0.850. The number of amides is 1. The Hall–Kier alpha value is -1.82. The molecular formula is C15H18N2O3S. The Morgan fingerprint density at radius 1 is 1.43 bits per heavy atom. The van der Waals surface area contributed by atoms with E-state index in [2.05, 4.69) is 10.3 Å². The molecule has 2 N–H and O–H groups in total. The smallest absolute Gasteiger partial charge is 0.303 e.